The number of alkyl halides is 2. The first-order valence-electron chi connectivity index (χ1n) is 7.00. The summed E-state index contributed by atoms with van der Waals surface area (Å²) < 4.78 is 26.1. The molecule has 0 saturated heterocycles. The second-order valence-electron chi connectivity index (χ2n) is 5.22. The molecule has 112 valence electrons. The molecule has 0 aromatic carbocycles. The molecule has 1 heterocycles. The molecule has 2 unspecified atom stereocenters. The van der Waals surface area contributed by atoms with Crippen LogP contribution in [0.15, 0.2) is 18.3 Å². The quantitative estimate of drug-likeness (QED) is 0.834. The number of amides is 1. The largest absolute Gasteiger partial charge is 0.391 e. The van der Waals surface area contributed by atoms with Gasteiger partial charge in [-0.25, -0.2) is 8.78 Å². The lowest BCUT2D eigenvalue weighted by atomic mass is 10.1. The zero-order chi connectivity index (χ0) is 14.5. The molecule has 6 heteroatoms. The topological polar surface area (TPSA) is 54.3 Å². The predicted molar refractivity (Wildman–Crippen MR) is 70.8 cm³/mol. The minimum absolute atomic E-state index is 0.210. The maximum Gasteiger partial charge on any atom is 0.268 e. The first-order valence-corrected chi connectivity index (χ1v) is 7.00. The molecule has 1 aromatic rings. The highest BCUT2D eigenvalue weighted by Gasteiger charge is 2.24. The molecule has 2 rings (SSSR count). The number of carbonyl (C=O) groups excluding carboxylic acids is 1. The average molecular weight is 286 g/mol. The fourth-order valence-electron chi connectivity index (χ4n) is 2.63. The molecular weight excluding hydrogens is 266 g/mol. The standard InChI is InChI=1S/C14H20F2N2O2/c15-13(16)9-18-8-4-6-11(18)14(20)17-10-5-2-1-3-7-12(10)19/h4,6,8,10,12-13,19H,1-3,5,7,9H2,(H,17,20). The van der Waals surface area contributed by atoms with Gasteiger partial charge in [0, 0.05) is 6.20 Å². The van der Waals surface area contributed by atoms with Crippen LogP contribution in [0.1, 0.15) is 42.6 Å². The van der Waals surface area contributed by atoms with E-state index in [9.17, 15) is 18.7 Å². The van der Waals surface area contributed by atoms with E-state index in [1.165, 1.54) is 16.8 Å². The van der Waals surface area contributed by atoms with Gasteiger partial charge in [0.15, 0.2) is 0 Å². The third-order valence-corrected chi connectivity index (χ3v) is 3.69. The molecule has 0 aliphatic heterocycles. The molecule has 0 spiro atoms. The highest BCUT2D eigenvalue weighted by Crippen LogP contribution is 2.18. The Bertz CT molecular complexity index is 448. The summed E-state index contributed by atoms with van der Waals surface area (Å²) in [5, 5.41) is 12.7. The number of nitrogens with one attached hydrogen (secondary N) is 1. The Labute approximate surface area is 116 Å². The summed E-state index contributed by atoms with van der Waals surface area (Å²) in [6.07, 6.45) is 2.76. The summed E-state index contributed by atoms with van der Waals surface area (Å²) in [7, 11) is 0. The van der Waals surface area contributed by atoms with Crippen molar-refractivity contribution >= 4 is 5.91 Å². The first kappa shape index (κ1) is 15.0. The van der Waals surface area contributed by atoms with Crippen LogP contribution < -0.4 is 5.32 Å². The Balaban J connectivity index is 2.02. The highest BCUT2D eigenvalue weighted by molar-refractivity contribution is 5.93. The van der Waals surface area contributed by atoms with Gasteiger partial charge in [0.1, 0.15) is 5.69 Å². The van der Waals surface area contributed by atoms with Gasteiger partial charge in [-0.3, -0.25) is 4.79 Å². The summed E-state index contributed by atoms with van der Waals surface area (Å²) in [5.41, 5.74) is 0.210. The van der Waals surface area contributed by atoms with E-state index >= 15 is 0 Å². The molecule has 2 atom stereocenters. The van der Waals surface area contributed by atoms with Gasteiger partial charge < -0.3 is 15.0 Å². The number of rotatable bonds is 4. The van der Waals surface area contributed by atoms with Gasteiger partial charge in [-0.15, -0.1) is 0 Å². The Morgan fingerprint density at radius 2 is 2.15 bits per heavy atom. The molecule has 1 aliphatic carbocycles. The van der Waals surface area contributed by atoms with Gasteiger partial charge >= 0.3 is 0 Å². The molecule has 1 fully saturated rings. The first-order chi connectivity index (χ1) is 9.58. The van der Waals surface area contributed by atoms with Crippen LogP contribution in [-0.4, -0.2) is 34.2 Å². The number of halogens is 2. The van der Waals surface area contributed by atoms with Gasteiger partial charge in [-0.2, -0.15) is 0 Å². The molecular formula is C14H20F2N2O2. The van der Waals surface area contributed by atoms with Crippen molar-refractivity contribution in [2.45, 2.75) is 57.2 Å². The molecule has 1 amide bonds. The number of aromatic nitrogens is 1. The minimum atomic E-state index is -2.50. The predicted octanol–water partition coefficient (Wildman–Crippen LogP) is 2.18. The van der Waals surface area contributed by atoms with Gasteiger partial charge in [0.2, 0.25) is 0 Å². The van der Waals surface area contributed by atoms with E-state index in [0.717, 1.165) is 25.7 Å². The molecule has 2 N–H and O–H groups in total. The maximum atomic E-state index is 12.4. The number of hydrogen-bond acceptors (Lipinski definition) is 2. The van der Waals surface area contributed by atoms with Gasteiger partial charge in [0.25, 0.3) is 12.3 Å². The number of nitrogens with zero attached hydrogens (tertiary/aromatic N) is 1. The maximum absolute atomic E-state index is 12.4. The molecule has 0 bridgehead atoms. The van der Waals surface area contributed by atoms with E-state index in [0.29, 0.717) is 6.42 Å². The number of hydrogen-bond donors (Lipinski definition) is 2. The van der Waals surface area contributed by atoms with Crippen molar-refractivity contribution in [1.29, 1.82) is 0 Å². The van der Waals surface area contributed by atoms with Crippen LogP contribution in [0.5, 0.6) is 0 Å². The van der Waals surface area contributed by atoms with Gasteiger partial charge in [0.05, 0.1) is 18.7 Å². The Kier molecular flexibility index (Phi) is 5.11. The Hall–Kier alpha value is -1.43. The summed E-state index contributed by atoms with van der Waals surface area (Å²) in [6.45, 7) is -0.497. The van der Waals surface area contributed by atoms with Crippen LogP contribution in [0.25, 0.3) is 0 Å². The lowest BCUT2D eigenvalue weighted by Gasteiger charge is -2.22. The smallest absolute Gasteiger partial charge is 0.268 e. The van der Waals surface area contributed by atoms with Crippen molar-refractivity contribution in [2.24, 2.45) is 0 Å². The molecule has 0 radical (unpaired) electrons. The fourth-order valence-corrected chi connectivity index (χ4v) is 2.63. The molecule has 1 saturated carbocycles. The van der Waals surface area contributed by atoms with Crippen LogP contribution in [-0.2, 0) is 6.54 Å². The summed E-state index contributed by atoms with van der Waals surface area (Å²) in [4.78, 5) is 12.1. The van der Waals surface area contributed by atoms with Crippen LogP contribution in [0, 0.1) is 0 Å². The number of aliphatic hydroxyl groups is 1. The van der Waals surface area contributed by atoms with Crippen molar-refractivity contribution in [3.05, 3.63) is 24.0 Å². The lowest BCUT2D eigenvalue weighted by molar-refractivity contribution is 0.0801. The lowest BCUT2D eigenvalue weighted by Crippen LogP contribution is -2.43. The van der Waals surface area contributed by atoms with Crippen LogP contribution in [0.4, 0.5) is 8.78 Å². The van der Waals surface area contributed by atoms with Crippen molar-refractivity contribution in [2.75, 3.05) is 0 Å². The van der Waals surface area contributed by atoms with Crippen LogP contribution in [0.2, 0.25) is 0 Å². The van der Waals surface area contributed by atoms with E-state index in [4.69, 9.17) is 0 Å². The van der Waals surface area contributed by atoms with E-state index in [1.54, 1.807) is 6.07 Å². The molecule has 20 heavy (non-hydrogen) atoms. The van der Waals surface area contributed by atoms with Crippen molar-refractivity contribution < 1.29 is 18.7 Å². The summed E-state index contributed by atoms with van der Waals surface area (Å²) in [5.74, 6) is -0.401. The summed E-state index contributed by atoms with van der Waals surface area (Å²) >= 11 is 0. The van der Waals surface area contributed by atoms with Crippen molar-refractivity contribution in [1.82, 2.24) is 9.88 Å². The molecule has 1 aromatic heterocycles. The van der Waals surface area contributed by atoms with E-state index in [1.807, 2.05) is 0 Å². The van der Waals surface area contributed by atoms with E-state index in [-0.39, 0.29) is 11.7 Å². The molecule has 4 nitrogen and oxygen atoms in total. The van der Waals surface area contributed by atoms with E-state index < -0.39 is 25.0 Å². The average Bonchev–Trinajstić information content (AvgIpc) is 2.74. The van der Waals surface area contributed by atoms with Crippen molar-refractivity contribution in [3.8, 4) is 0 Å². The molecule has 1 aliphatic rings. The van der Waals surface area contributed by atoms with Crippen molar-refractivity contribution in [3.63, 3.8) is 0 Å². The third-order valence-electron chi connectivity index (χ3n) is 3.69. The normalized spacial score (nSPS) is 23.6. The SMILES string of the molecule is O=C(NC1CCCCCC1O)c1cccn1CC(F)F. The second-order valence-corrected chi connectivity index (χ2v) is 5.22. The highest BCUT2D eigenvalue weighted by atomic mass is 19.3. The fraction of sp³-hybridized carbons (Fsp3) is 0.643. The minimum Gasteiger partial charge on any atom is -0.391 e. The van der Waals surface area contributed by atoms with Gasteiger partial charge in [-0.1, -0.05) is 19.3 Å². The third kappa shape index (κ3) is 3.79. The van der Waals surface area contributed by atoms with Gasteiger partial charge in [-0.05, 0) is 25.0 Å². The number of aliphatic hydroxyl groups excluding tert-OH is 1. The Morgan fingerprint density at radius 1 is 1.40 bits per heavy atom. The zero-order valence-electron chi connectivity index (χ0n) is 11.3. The number of carbonyl (C=O) groups is 1. The Morgan fingerprint density at radius 3 is 2.90 bits per heavy atom. The van der Waals surface area contributed by atoms with Crippen LogP contribution in [0.3, 0.4) is 0 Å². The monoisotopic (exact) mass is 286 g/mol. The zero-order valence-corrected chi connectivity index (χ0v) is 11.3. The van der Waals surface area contributed by atoms with Crippen LogP contribution >= 0.6 is 0 Å². The van der Waals surface area contributed by atoms with E-state index in [2.05, 4.69) is 5.32 Å². The second kappa shape index (κ2) is 6.83. The summed E-state index contributed by atoms with van der Waals surface area (Å²) in [6, 6.07) is 2.79.